The van der Waals surface area contributed by atoms with Gasteiger partial charge in [0.2, 0.25) is 0 Å². The minimum Gasteiger partial charge on any atom is -0.481 e. The van der Waals surface area contributed by atoms with E-state index in [9.17, 15) is 4.79 Å². The lowest BCUT2D eigenvalue weighted by Gasteiger charge is -2.05. The molecule has 1 amide bonds. The molecular weight excluding hydrogens is 254 g/mol. The Morgan fingerprint density at radius 1 is 1.30 bits per heavy atom. The van der Waals surface area contributed by atoms with Gasteiger partial charge in [0.05, 0.1) is 0 Å². The highest BCUT2D eigenvalue weighted by Crippen LogP contribution is 2.17. The van der Waals surface area contributed by atoms with Gasteiger partial charge in [-0.2, -0.15) is 0 Å². The Bertz CT molecular complexity index is 620. The van der Waals surface area contributed by atoms with Crippen LogP contribution >= 0.6 is 0 Å². The first-order valence-electron chi connectivity index (χ1n) is 6.29. The average molecular weight is 269 g/mol. The van der Waals surface area contributed by atoms with Crippen molar-refractivity contribution in [1.29, 1.82) is 0 Å². The summed E-state index contributed by atoms with van der Waals surface area (Å²) in [6.45, 7) is 2.19. The molecule has 0 fully saturated rings. The van der Waals surface area contributed by atoms with Crippen molar-refractivity contribution in [1.82, 2.24) is 0 Å². The molecule has 2 rings (SSSR count). The van der Waals surface area contributed by atoms with E-state index in [-0.39, 0.29) is 12.5 Å². The quantitative estimate of drug-likeness (QED) is 0.848. The molecule has 0 aliphatic carbocycles. The van der Waals surface area contributed by atoms with Crippen LogP contribution in [0, 0.1) is 12.3 Å². The lowest BCUT2D eigenvalue weighted by Crippen LogP contribution is -2.10. The number of furan rings is 1. The van der Waals surface area contributed by atoms with Crippen LogP contribution in [0.25, 0.3) is 0 Å². The van der Waals surface area contributed by atoms with Crippen molar-refractivity contribution >= 4 is 11.6 Å². The van der Waals surface area contributed by atoms with Gasteiger partial charge in [-0.1, -0.05) is 12.8 Å². The van der Waals surface area contributed by atoms with Gasteiger partial charge in [-0.15, -0.1) is 6.42 Å². The zero-order valence-electron chi connectivity index (χ0n) is 11.2. The number of aryl methyl sites for hydroxylation is 1. The Labute approximate surface area is 117 Å². The fourth-order valence-electron chi connectivity index (χ4n) is 1.64. The summed E-state index contributed by atoms with van der Waals surface area (Å²) in [7, 11) is 0. The molecule has 0 aliphatic heterocycles. The summed E-state index contributed by atoms with van der Waals surface area (Å²) >= 11 is 0. The zero-order chi connectivity index (χ0) is 14.4. The van der Waals surface area contributed by atoms with Gasteiger partial charge < -0.3 is 14.5 Å². The molecule has 4 nitrogen and oxygen atoms in total. The molecular formula is C16H15NO3. The number of carbonyl (C=O) groups excluding carboxylic acids is 1. The van der Waals surface area contributed by atoms with E-state index >= 15 is 0 Å². The van der Waals surface area contributed by atoms with E-state index in [1.54, 1.807) is 36.4 Å². The predicted octanol–water partition coefficient (Wildman–Crippen LogP) is 3.11. The zero-order valence-corrected chi connectivity index (χ0v) is 11.2. The minimum absolute atomic E-state index is 0.220. The topological polar surface area (TPSA) is 51.5 Å². The van der Waals surface area contributed by atoms with Crippen LogP contribution in [0.2, 0.25) is 0 Å². The largest absolute Gasteiger partial charge is 0.481 e. The number of terminal acetylenes is 1. The number of benzene rings is 1. The number of hydrogen-bond acceptors (Lipinski definition) is 3. The standard InChI is InChI=1S/C16H15NO3/c1-3-11-19-14-7-5-12(6-8-14)17-16(18)15-10-9-13(4-2)20-15/h1,5-10H,4,11H2,2H3,(H,17,18). The third-order valence-electron chi connectivity index (χ3n) is 2.67. The third kappa shape index (κ3) is 3.42. The van der Waals surface area contributed by atoms with E-state index in [0.717, 1.165) is 12.2 Å². The van der Waals surface area contributed by atoms with Crippen LogP contribution in [0.4, 0.5) is 5.69 Å². The van der Waals surface area contributed by atoms with Crippen molar-refractivity contribution in [3.05, 3.63) is 47.9 Å². The molecule has 0 saturated heterocycles. The molecule has 0 radical (unpaired) electrons. The molecule has 1 N–H and O–H groups in total. The van der Waals surface area contributed by atoms with Crippen molar-refractivity contribution in [2.45, 2.75) is 13.3 Å². The Kier molecular flexibility index (Phi) is 4.46. The Hall–Kier alpha value is -2.67. The number of ether oxygens (including phenoxy) is 1. The van der Waals surface area contributed by atoms with Crippen molar-refractivity contribution in [3.8, 4) is 18.1 Å². The summed E-state index contributed by atoms with van der Waals surface area (Å²) in [6.07, 6.45) is 5.87. The Morgan fingerprint density at radius 3 is 2.65 bits per heavy atom. The molecule has 0 atom stereocenters. The molecule has 0 aliphatic rings. The second kappa shape index (κ2) is 6.48. The maximum atomic E-state index is 11.9. The van der Waals surface area contributed by atoms with Gasteiger partial charge in [0.25, 0.3) is 5.91 Å². The number of anilines is 1. The second-order valence-electron chi connectivity index (χ2n) is 4.09. The van der Waals surface area contributed by atoms with E-state index in [1.165, 1.54) is 0 Å². The molecule has 4 heteroatoms. The highest BCUT2D eigenvalue weighted by Gasteiger charge is 2.10. The maximum absolute atomic E-state index is 11.9. The van der Waals surface area contributed by atoms with E-state index in [0.29, 0.717) is 17.2 Å². The predicted molar refractivity (Wildman–Crippen MR) is 76.8 cm³/mol. The van der Waals surface area contributed by atoms with Crippen molar-refractivity contribution < 1.29 is 13.9 Å². The summed E-state index contributed by atoms with van der Waals surface area (Å²) in [5.74, 6) is 3.86. The van der Waals surface area contributed by atoms with Crippen LogP contribution in [0.1, 0.15) is 23.2 Å². The molecule has 0 bridgehead atoms. The molecule has 0 spiro atoms. The third-order valence-corrected chi connectivity index (χ3v) is 2.67. The van der Waals surface area contributed by atoms with Crippen molar-refractivity contribution in [3.63, 3.8) is 0 Å². The van der Waals surface area contributed by atoms with Crippen molar-refractivity contribution in [2.75, 3.05) is 11.9 Å². The van der Waals surface area contributed by atoms with Gasteiger partial charge in [0.1, 0.15) is 18.1 Å². The minimum atomic E-state index is -0.276. The van der Waals surface area contributed by atoms with Gasteiger partial charge in [-0.25, -0.2) is 0 Å². The molecule has 2 aromatic rings. The SMILES string of the molecule is C#CCOc1ccc(NC(=O)c2ccc(CC)o2)cc1. The van der Waals surface area contributed by atoms with Crippen molar-refractivity contribution in [2.24, 2.45) is 0 Å². The van der Waals surface area contributed by atoms with Gasteiger partial charge in [-0.3, -0.25) is 4.79 Å². The van der Waals surface area contributed by atoms with Crippen LogP contribution in [0.15, 0.2) is 40.8 Å². The lowest BCUT2D eigenvalue weighted by molar-refractivity contribution is 0.0995. The molecule has 102 valence electrons. The molecule has 1 heterocycles. The second-order valence-corrected chi connectivity index (χ2v) is 4.09. The van der Waals surface area contributed by atoms with E-state index in [4.69, 9.17) is 15.6 Å². The summed E-state index contributed by atoms with van der Waals surface area (Å²) in [6, 6.07) is 10.4. The first kappa shape index (κ1) is 13.8. The number of rotatable bonds is 5. The summed E-state index contributed by atoms with van der Waals surface area (Å²) < 4.78 is 10.6. The smallest absolute Gasteiger partial charge is 0.291 e. The normalized spacial score (nSPS) is 9.80. The Balaban J connectivity index is 1.99. The van der Waals surface area contributed by atoms with Gasteiger partial charge in [0.15, 0.2) is 5.76 Å². The van der Waals surface area contributed by atoms with Gasteiger partial charge >= 0.3 is 0 Å². The van der Waals surface area contributed by atoms with E-state index in [2.05, 4.69) is 11.2 Å². The fourth-order valence-corrected chi connectivity index (χ4v) is 1.64. The first-order valence-corrected chi connectivity index (χ1v) is 6.29. The summed E-state index contributed by atoms with van der Waals surface area (Å²) in [5.41, 5.74) is 0.664. The van der Waals surface area contributed by atoms with E-state index < -0.39 is 0 Å². The van der Waals surface area contributed by atoms with E-state index in [1.807, 2.05) is 6.92 Å². The molecule has 0 saturated carbocycles. The van der Waals surface area contributed by atoms with Gasteiger partial charge in [-0.05, 0) is 36.4 Å². The highest BCUT2D eigenvalue weighted by atomic mass is 16.5. The number of nitrogens with one attached hydrogen (secondary N) is 1. The lowest BCUT2D eigenvalue weighted by atomic mass is 10.3. The number of hydrogen-bond donors (Lipinski definition) is 1. The highest BCUT2D eigenvalue weighted by molar-refractivity contribution is 6.02. The Morgan fingerprint density at radius 2 is 2.05 bits per heavy atom. The molecule has 20 heavy (non-hydrogen) atoms. The monoisotopic (exact) mass is 269 g/mol. The maximum Gasteiger partial charge on any atom is 0.291 e. The summed E-state index contributed by atoms with van der Waals surface area (Å²) in [4.78, 5) is 11.9. The summed E-state index contributed by atoms with van der Waals surface area (Å²) in [5, 5.41) is 2.75. The fraction of sp³-hybridized carbons (Fsp3) is 0.188. The molecule has 0 unspecified atom stereocenters. The van der Waals surface area contributed by atoms with Crippen LogP contribution < -0.4 is 10.1 Å². The number of carbonyl (C=O) groups is 1. The van der Waals surface area contributed by atoms with Crippen LogP contribution in [-0.2, 0) is 6.42 Å². The molecule has 1 aromatic carbocycles. The number of amides is 1. The van der Waals surface area contributed by atoms with Gasteiger partial charge in [0, 0.05) is 12.1 Å². The van der Waals surface area contributed by atoms with Crippen LogP contribution in [-0.4, -0.2) is 12.5 Å². The first-order chi connectivity index (χ1) is 9.72. The van der Waals surface area contributed by atoms with Crippen LogP contribution in [0.3, 0.4) is 0 Å². The molecule has 1 aromatic heterocycles. The van der Waals surface area contributed by atoms with Crippen LogP contribution in [0.5, 0.6) is 5.75 Å². The average Bonchev–Trinajstić information content (AvgIpc) is 2.95.